The van der Waals surface area contributed by atoms with Gasteiger partial charge in [-0.2, -0.15) is 11.3 Å². The quantitative estimate of drug-likeness (QED) is 0.330. The number of aryl methyl sites for hydroxylation is 1. The minimum absolute atomic E-state index is 0. The maximum absolute atomic E-state index is 4.71. The molecule has 0 fully saturated rings. The Kier molecular flexibility index (Phi) is 7.70. The van der Waals surface area contributed by atoms with E-state index >= 15 is 0 Å². The molecule has 0 aliphatic carbocycles. The molecular formula is C18H24IN5S. The molecule has 134 valence electrons. The first-order valence-electron chi connectivity index (χ1n) is 8.22. The highest BCUT2D eigenvalue weighted by atomic mass is 127. The first kappa shape index (κ1) is 19.7. The number of nitrogens with zero attached hydrogens (tertiary/aromatic N) is 3. The van der Waals surface area contributed by atoms with Crippen molar-refractivity contribution in [3.8, 4) is 0 Å². The number of rotatable bonds is 6. The summed E-state index contributed by atoms with van der Waals surface area (Å²) >= 11 is 1.70. The van der Waals surface area contributed by atoms with Gasteiger partial charge >= 0.3 is 0 Å². The van der Waals surface area contributed by atoms with Gasteiger partial charge in [0.1, 0.15) is 5.65 Å². The van der Waals surface area contributed by atoms with Gasteiger partial charge in [0.2, 0.25) is 0 Å². The van der Waals surface area contributed by atoms with Gasteiger partial charge < -0.3 is 15.0 Å². The number of halogens is 1. The summed E-state index contributed by atoms with van der Waals surface area (Å²) < 4.78 is 2.08. The third-order valence-corrected chi connectivity index (χ3v) is 4.48. The second-order valence-corrected chi connectivity index (χ2v) is 6.44. The largest absolute Gasteiger partial charge is 0.357 e. The maximum Gasteiger partial charge on any atom is 0.191 e. The summed E-state index contributed by atoms with van der Waals surface area (Å²) in [5.41, 5.74) is 4.56. The predicted molar refractivity (Wildman–Crippen MR) is 116 cm³/mol. The Morgan fingerprint density at radius 2 is 2.20 bits per heavy atom. The Morgan fingerprint density at radius 3 is 2.92 bits per heavy atom. The van der Waals surface area contributed by atoms with Crippen LogP contribution in [0.5, 0.6) is 0 Å². The van der Waals surface area contributed by atoms with E-state index in [0.29, 0.717) is 6.54 Å². The molecule has 0 atom stereocenters. The number of nitrogens with one attached hydrogen (secondary N) is 2. The molecule has 0 unspecified atom stereocenters. The van der Waals surface area contributed by atoms with Gasteiger partial charge in [0.15, 0.2) is 5.96 Å². The number of hydrogen-bond donors (Lipinski definition) is 2. The van der Waals surface area contributed by atoms with Crippen LogP contribution in [0.3, 0.4) is 0 Å². The summed E-state index contributed by atoms with van der Waals surface area (Å²) in [6.45, 7) is 6.52. The fraction of sp³-hybridized carbons (Fsp3) is 0.333. The minimum Gasteiger partial charge on any atom is -0.357 e. The van der Waals surface area contributed by atoms with E-state index in [1.807, 2.05) is 12.3 Å². The molecule has 5 nitrogen and oxygen atoms in total. The molecule has 7 heteroatoms. The summed E-state index contributed by atoms with van der Waals surface area (Å²) in [7, 11) is 0. The number of pyridine rings is 1. The molecule has 0 aliphatic rings. The van der Waals surface area contributed by atoms with Crippen LogP contribution >= 0.6 is 35.3 Å². The lowest BCUT2D eigenvalue weighted by atomic mass is 10.3. The molecule has 0 radical (unpaired) electrons. The Labute approximate surface area is 169 Å². The molecular weight excluding hydrogens is 445 g/mol. The van der Waals surface area contributed by atoms with Crippen molar-refractivity contribution in [2.75, 3.05) is 13.1 Å². The van der Waals surface area contributed by atoms with E-state index in [-0.39, 0.29) is 24.0 Å². The van der Waals surface area contributed by atoms with Crippen LogP contribution in [0.15, 0.2) is 46.3 Å². The number of imidazole rings is 1. The topological polar surface area (TPSA) is 53.7 Å². The third kappa shape index (κ3) is 5.43. The molecule has 0 saturated heterocycles. The van der Waals surface area contributed by atoms with Crippen molar-refractivity contribution in [1.82, 2.24) is 20.0 Å². The summed E-state index contributed by atoms with van der Waals surface area (Å²) in [4.78, 5) is 9.33. The normalized spacial score (nSPS) is 11.4. The molecule has 0 aliphatic heterocycles. The van der Waals surface area contributed by atoms with E-state index in [9.17, 15) is 0 Å². The van der Waals surface area contributed by atoms with Crippen molar-refractivity contribution in [1.29, 1.82) is 0 Å². The lowest BCUT2D eigenvalue weighted by molar-refractivity contribution is 0.791. The third-order valence-electron chi connectivity index (χ3n) is 3.75. The van der Waals surface area contributed by atoms with Crippen LogP contribution in [0, 0.1) is 6.92 Å². The van der Waals surface area contributed by atoms with Crippen LogP contribution in [-0.4, -0.2) is 28.4 Å². The van der Waals surface area contributed by atoms with Crippen LogP contribution in [-0.2, 0) is 13.0 Å². The molecule has 0 amide bonds. The highest BCUT2D eigenvalue weighted by Gasteiger charge is 2.04. The molecule has 3 rings (SSSR count). The van der Waals surface area contributed by atoms with Crippen molar-refractivity contribution in [3.05, 3.63) is 58.2 Å². The van der Waals surface area contributed by atoms with Gasteiger partial charge in [0.05, 0.1) is 12.2 Å². The van der Waals surface area contributed by atoms with Crippen molar-refractivity contribution in [3.63, 3.8) is 0 Å². The van der Waals surface area contributed by atoms with Crippen molar-refractivity contribution < 1.29 is 0 Å². The van der Waals surface area contributed by atoms with E-state index in [4.69, 9.17) is 4.98 Å². The van der Waals surface area contributed by atoms with Crippen LogP contribution < -0.4 is 10.6 Å². The van der Waals surface area contributed by atoms with E-state index in [1.165, 1.54) is 11.1 Å². The molecule has 0 aromatic carbocycles. The van der Waals surface area contributed by atoms with E-state index < -0.39 is 0 Å². The van der Waals surface area contributed by atoms with E-state index in [2.05, 4.69) is 63.0 Å². The highest BCUT2D eigenvalue weighted by Crippen LogP contribution is 2.10. The first-order chi connectivity index (χ1) is 11.8. The first-order valence-corrected chi connectivity index (χ1v) is 9.17. The SMILES string of the molecule is CCNC(=NCc1ccsc1)NCCc1cn2cccc(C)c2n1.I. The number of hydrogen-bond acceptors (Lipinski definition) is 3. The fourth-order valence-corrected chi connectivity index (χ4v) is 3.19. The van der Waals surface area contributed by atoms with Crippen molar-refractivity contribution in [2.45, 2.75) is 26.8 Å². The number of guanidine groups is 1. The maximum atomic E-state index is 4.71. The zero-order chi connectivity index (χ0) is 16.8. The van der Waals surface area contributed by atoms with Gasteiger partial charge in [-0.05, 0) is 47.9 Å². The minimum atomic E-state index is 0. The fourth-order valence-electron chi connectivity index (χ4n) is 2.53. The number of fused-ring (bicyclic) bond motifs is 1. The van der Waals surface area contributed by atoms with Gasteiger partial charge in [-0.1, -0.05) is 6.07 Å². The monoisotopic (exact) mass is 469 g/mol. The van der Waals surface area contributed by atoms with Crippen molar-refractivity contribution in [2.24, 2.45) is 4.99 Å². The number of aliphatic imine (C=N–C) groups is 1. The predicted octanol–water partition coefficient (Wildman–Crippen LogP) is 3.62. The second kappa shape index (κ2) is 9.76. The smallest absolute Gasteiger partial charge is 0.191 e. The summed E-state index contributed by atoms with van der Waals surface area (Å²) in [6.07, 6.45) is 5.00. The molecule has 0 spiro atoms. The lowest BCUT2D eigenvalue weighted by Crippen LogP contribution is -2.38. The molecule has 0 saturated carbocycles. The zero-order valence-corrected chi connectivity index (χ0v) is 17.7. The van der Waals surface area contributed by atoms with Gasteiger partial charge in [-0.3, -0.25) is 0 Å². The molecule has 25 heavy (non-hydrogen) atoms. The average Bonchev–Trinajstić information content (AvgIpc) is 3.22. The molecule has 3 heterocycles. The van der Waals surface area contributed by atoms with Crippen LogP contribution in [0.4, 0.5) is 0 Å². The van der Waals surface area contributed by atoms with Gasteiger partial charge in [-0.25, -0.2) is 9.98 Å². The Hall–Kier alpha value is -1.61. The zero-order valence-electron chi connectivity index (χ0n) is 14.5. The Bertz CT molecular complexity index is 810. The lowest BCUT2D eigenvalue weighted by Gasteiger charge is -2.10. The highest BCUT2D eigenvalue weighted by molar-refractivity contribution is 14.0. The Morgan fingerprint density at radius 1 is 1.32 bits per heavy atom. The number of aromatic nitrogens is 2. The van der Waals surface area contributed by atoms with Crippen LogP contribution in [0.1, 0.15) is 23.7 Å². The van der Waals surface area contributed by atoms with Gasteiger partial charge in [-0.15, -0.1) is 24.0 Å². The van der Waals surface area contributed by atoms with Crippen LogP contribution in [0.25, 0.3) is 5.65 Å². The standard InChI is InChI=1S/C18H23N5S.HI/c1-3-19-18(21-11-15-7-10-24-13-15)20-8-6-16-12-23-9-4-5-14(2)17(23)22-16;/h4-5,7,9-10,12-13H,3,6,8,11H2,1-2H3,(H2,19,20,21);1H. The van der Waals surface area contributed by atoms with E-state index in [0.717, 1.165) is 36.8 Å². The van der Waals surface area contributed by atoms with E-state index in [1.54, 1.807) is 11.3 Å². The van der Waals surface area contributed by atoms with Crippen LogP contribution in [0.2, 0.25) is 0 Å². The summed E-state index contributed by atoms with van der Waals surface area (Å²) in [5, 5.41) is 10.9. The average molecular weight is 469 g/mol. The molecule has 3 aromatic heterocycles. The summed E-state index contributed by atoms with van der Waals surface area (Å²) in [5.74, 6) is 0.851. The van der Waals surface area contributed by atoms with Gasteiger partial charge in [0.25, 0.3) is 0 Å². The Balaban J connectivity index is 0.00000225. The van der Waals surface area contributed by atoms with Crippen molar-refractivity contribution >= 4 is 46.9 Å². The summed E-state index contributed by atoms with van der Waals surface area (Å²) in [6, 6.07) is 6.24. The molecule has 3 aromatic rings. The second-order valence-electron chi connectivity index (χ2n) is 5.66. The number of thiophene rings is 1. The molecule has 2 N–H and O–H groups in total. The van der Waals surface area contributed by atoms with Gasteiger partial charge in [0, 0.05) is 31.9 Å². The molecule has 0 bridgehead atoms.